The fourth-order valence-corrected chi connectivity index (χ4v) is 1.29. The number of carbonyl (C=O) groups is 3. The number of nitrogens with zero attached hydrogens (tertiary/aromatic N) is 1. The van der Waals surface area contributed by atoms with E-state index in [1.165, 1.54) is 0 Å². The fraction of sp³-hybridized carbons (Fsp3) is 0.692. The number of carbonyl (C=O) groups excluding carboxylic acids is 3. The maximum absolute atomic E-state index is 11.3. The minimum Gasteiger partial charge on any atom is -0.379 e. The summed E-state index contributed by atoms with van der Waals surface area (Å²) in [7, 11) is 0. The molecule has 0 aromatic heterocycles. The molecule has 0 aromatic rings. The Bertz CT molecular complexity index is 362. The van der Waals surface area contributed by atoms with Gasteiger partial charge in [-0.15, -0.1) is 0 Å². The van der Waals surface area contributed by atoms with E-state index >= 15 is 0 Å². The lowest BCUT2D eigenvalue weighted by molar-refractivity contribution is -0.125. The van der Waals surface area contributed by atoms with Crippen LogP contribution in [0, 0.1) is 0 Å². The van der Waals surface area contributed by atoms with E-state index in [2.05, 4.69) is 22.3 Å². The van der Waals surface area contributed by atoms with Crippen molar-refractivity contribution in [1.29, 1.82) is 0 Å². The molecular weight excluding hydrogens is 292 g/mol. The average molecular weight is 316 g/mol. The van der Waals surface area contributed by atoms with E-state index in [1.807, 2.05) is 0 Å². The van der Waals surface area contributed by atoms with Crippen LogP contribution >= 0.6 is 0 Å². The third kappa shape index (κ3) is 13.2. The second kappa shape index (κ2) is 14.1. The van der Waals surface area contributed by atoms with Crippen molar-refractivity contribution in [2.75, 3.05) is 46.1 Å². The Morgan fingerprint density at radius 1 is 0.955 bits per heavy atom. The molecule has 0 heterocycles. The number of aliphatic imine (C=N–C) groups is 1. The van der Waals surface area contributed by atoms with E-state index < -0.39 is 5.91 Å². The van der Waals surface area contributed by atoms with Gasteiger partial charge in [0.25, 0.3) is 5.91 Å². The van der Waals surface area contributed by atoms with Gasteiger partial charge in [-0.05, 0) is 6.72 Å². The van der Waals surface area contributed by atoms with Crippen LogP contribution < -0.4 is 16.4 Å². The number of hydrogen-bond donors (Lipinski definition) is 3. The first-order valence-electron chi connectivity index (χ1n) is 6.98. The normalized spacial score (nSPS) is 10.0. The van der Waals surface area contributed by atoms with Crippen molar-refractivity contribution in [3.63, 3.8) is 0 Å². The van der Waals surface area contributed by atoms with Crippen molar-refractivity contribution < 1.29 is 23.9 Å². The molecule has 4 N–H and O–H groups in total. The first-order chi connectivity index (χ1) is 10.6. The monoisotopic (exact) mass is 316 g/mol. The van der Waals surface area contributed by atoms with E-state index in [0.717, 1.165) is 0 Å². The summed E-state index contributed by atoms with van der Waals surface area (Å²) in [6.07, 6.45) is 0.458. The molecule has 126 valence electrons. The molecule has 0 aliphatic rings. The zero-order valence-electron chi connectivity index (χ0n) is 12.6. The van der Waals surface area contributed by atoms with Crippen molar-refractivity contribution in [1.82, 2.24) is 10.6 Å². The van der Waals surface area contributed by atoms with Crippen LogP contribution in [0.1, 0.15) is 12.8 Å². The maximum atomic E-state index is 11.3. The van der Waals surface area contributed by atoms with Crippen molar-refractivity contribution in [2.24, 2.45) is 10.7 Å². The van der Waals surface area contributed by atoms with Crippen LogP contribution in [0.3, 0.4) is 0 Å². The third-order valence-corrected chi connectivity index (χ3v) is 2.40. The molecule has 0 bridgehead atoms. The standard InChI is InChI=1S/C13H24N4O5/c1-15-13(20)10-17-12(19)3-6-21-8-9-22-7-5-16-11(18)2-4-14/h1-10,14H2,(H,16,18)(H,17,19). The van der Waals surface area contributed by atoms with Crippen LogP contribution in [-0.4, -0.2) is 70.5 Å². The van der Waals surface area contributed by atoms with E-state index in [0.29, 0.717) is 39.3 Å². The second-order valence-electron chi connectivity index (χ2n) is 4.19. The number of ether oxygens (including phenoxy) is 2. The highest BCUT2D eigenvalue weighted by Gasteiger charge is 2.03. The zero-order chi connectivity index (χ0) is 16.6. The third-order valence-electron chi connectivity index (χ3n) is 2.40. The van der Waals surface area contributed by atoms with Gasteiger partial charge >= 0.3 is 0 Å². The lowest BCUT2D eigenvalue weighted by atomic mass is 10.4. The van der Waals surface area contributed by atoms with Crippen LogP contribution in [0.25, 0.3) is 0 Å². The SMILES string of the molecule is C=NC(=O)CNC(=O)CCOCCOCCNC(=O)CCN. The highest BCUT2D eigenvalue weighted by Crippen LogP contribution is 1.85. The Balaban J connectivity index is 3.29. The van der Waals surface area contributed by atoms with Gasteiger partial charge in [0.15, 0.2) is 0 Å². The molecule has 9 nitrogen and oxygen atoms in total. The second-order valence-corrected chi connectivity index (χ2v) is 4.19. The summed E-state index contributed by atoms with van der Waals surface area (Å²) in [6.45, 7) is 4.99. The minimum atomic E-state index is -0.485. The van der Waals surface area contributed by atoms with E-state index in [4.69, 9.17) is 15.2 Å². The molecule has 0 saturated carbocycles. The Labute approximate surface area is 129 Å². The average Bonchev–Trinajstić information content (AvgIpc) is 2.51. The molecule has 0 aromatic carbocycles. The molecule has 3 amide bonds. The Kier molecular flexibility index (Phi) is 12.9. The van der Waals surface area contributed by atoms with Gasteiger partial charge in [-0.3, -0.25) is 14.4 Å². The summed E-state index contributed by atoms with van der Waals surface area (Å²) in [6, 6.07) is 0. The van der Waals surface area contributed by atoms with Crippen molar-refractivity contribution in [2.45, 2.75) is 12.8 Å². The van der Waals surface area contributed by atoms with E-state index in [-0.39, 0.29) is 31.4 Å². The lowest BCUT2D eigenvalue weighted by Gasteiger charge is -2.07. The predicted molar refractivity (Wildman–Crippen MR) is 80.5 cm³/mol. The van der Waals surface area contributed by atoms with Gasteiger partial charge < -0.3 is 25.8 Å². The lowest BCUT2D eigenvalue weighted by Crippen LogP contribution is -2.29. The molecule has 9 heteroatoms. The number of nitrogens with one attached hydrogen (secondary N) is 2. The Morgan fingerprint density at radius 3 is 2.23 bits per heavy atom. The van der Waals surface area contributed by atoms with Crippen LogP contribution in [0.5, 0.6) is 0 Å². The van der Waals surface area contributed by atoms with Gasteiger partial charge in [0.1, 0.15) is 0 Å². The number of rotatable bonds is 13. The van der Waals surface area contributed by atoms with E-state index in [1.54, 1.807) is 0 Å². The van der Waals surface area contributed by atoms with Crippen molar-refractivity contribution >= 4 is 24.4 Å². The molecule has 0 aliphatic carbocycles. The predicted octanol–water partition coefficient (Wildman–Crippen LogP) is -1.78. The fourth-order valence-electron chi connectivity index (χ4n) is 1.29. The maximum Gasteiger partial charge on any atom is 0.264 e. The molecule has 0 unspecified atom stereocenters. The van der Waals surface area contributed by atoms with Gasteiger partial charge in [0, 0.05) is 25.9 Å². The minimum absolute atomic E-state index is 0.0986. The summed E-state index contributed by atoms with van der Waals surface area (Å²) in [5.41, 5.74) is 5.23. The molecular formula is C13H24N4O5. The first kappa shape index (κ1) is 20.2. The van der Waals surface area contributed by atoms with Gasteiger partial charge in [-0.2, -0.15) is 0 Å². The molecule has 0 aliphatic heterocycles. The van der Waals surface area contributed by atoms with Crippen LogP contribution in [0.4, 0.5) is 0 Å². The number of amides is 3. The summed E-state index contributed by atoms with van der Waals surface area (Å²) in [5.74, 6) is -0.875. The van der Waals surface area contributed by atoms with Crippen molar-refractivity contribution in [3.8, 4) is 0 Å². The largest absolute Gasteiger partial charge is 0.379 e. The Morgan fingerprint density at radius 2 is 1.59 bits per heavy atom. The molecule has 0 spiro atoms. The summed E-state index contributed by atoms with van der Waals surface area (Å²) in [4.78, 5) is 36.2. The first-order valence-corrected chi connectivity index (χ1v) is 6.98. The summed E-state index contributed by atoms with van der Waals surface area (Å²) in [5, 5.41) is 5.04. The highest BCUT2D eigenvalue weighted by atomic mass is 16.5. The molecule has 22 heavy (non-hydrogen) atoms. The van der Waals surface area contributed by atoms with Crippen molar-refractivity contribution in [3.05, 3.63) is 0 Å². The number of hydrogen-bond acceptors (Lipinski definition) is 6. The molecule has 0 fully saturated rings. The van der Waals surface area contributed by atoms with Crippen LogP contribution in [0.15, 0.2) is 4.99 Å². The molecule has 0 radical (unpaired) electrons. The molecule has 0 rings (SSSR count). The molecule has 0 atom stereocenters. The van der Waals surface area contributed by atoms with Crippen LogP contribution in [0.2, 0.25) is 0 Å². The van der Waals surface area contributed by atoms with Gasteiger partial charge in [0.2, 0.25) is 11.8 Å². The zero-order valence-corrected chi connectivity index (χ0v) is 12.6. The topological polar surface area (TPSA) is 132 Å². The number of nitrogens with two attached hydrogens (primary N) is 1. The highest BCUT2D eigenvalue weighted by molar-refractivity contribution is 5.87. The Hall–Kier alpha value is -1.84. The summed E-state index contributed by atoms with van der Waals surface area (Å²) < 4.78 is 10.4. The van der Waals surface area contributed by atoms with Gasteiger partial charge in [-0.25, -0.2) is 4.99 Å². The summed E-state index contributed by atoms with van der Waals surface area (Å²) >= 11 is 0. The van der Waals surface area contributed by atoms with E-state index in [9.17, 15) is 14.4 Å². The quantitative estimate of drug-likeness (QED) is 0.272. The smallest absolute Gasteiger partial charge is 0.264 e. The van der Waals surface area contributed by atoms with Crippen LogP contribution in [-0.2, 0) is 23.9 Å². The molecule has 0 saturated heterocycles. The van der Waals surface area contributed by atoms with Gasteiger partial charge in [-0.1, -0.05) is 0 Å². The van der Waals surface area contributed by atoms with Gasteiger partial charge in [0.05, 0.1) is 33.0 Å².